The molecule has 114 valence electrons. The third kappa shape index (κ3) is 3.74. The summed E-state index contributed by atoms with van der Waals surface area (Å²) in [7, 11) is 0. The van der Waals surface area contributed by atoms with Crippen LogP contribution in [0.3, 0.4) is 0 Å². The number of aliphatic hydroxyl groups is 1. The van der Waals surface area contributed by atoms with Gasteiger partial charge in [-0.25, -0.2) is 0 Å². The summed E-state index contributed by atoms with van der Waals surface area (Å²) in [5, 5.41) is 12.5. The van der Waals surface area contributed by atoms with Gasteiger partial charge in [0.1, 0.15) is 0 Å². The van der Waals surface area contributed by atoms with Gasteiger partial charge in [-0.15, -0.1) is 0 Å². The summed E-state index contributed by atoms with van der Waals surface area (Å²) in [6.07, 6.45) is 0.877. The maximum atomic E-state index is 12.1. The second kappa shape index (κ2) is 6.91. The molecule has 1 aliphatic rings. The number of hydrogen-bond acceptors (Lipinski definition) is 3. The van der Waals surface area contributed by atoms with Gasteiger partial charge < -0.3 is 15.3 Å². The van der Waals surface area contributed by atoms with Crippen LogP contribution in [-0.2, 0) is 4.79 Å². The Balaban J connectivity index is 1.89. The zero-order valence-corrected chi connectivity index (χ0v) is 12.6. The smallest absolute Gasteiger partial charge is 0.251 e. The molecule has 21 heavy (non-hydrogen) atoms. The van der Waals surface area contributed by atoms with Crippen LogP contribution in [0.2, 0.25) is 5.02 Å². The molecule has 0 aliphatic carbocycles. The number of likely N-dealkylation sites (tertiary alicyclic amines) is 1. The number of halogens is 1. The fourth-order valence-electron chi connectivity index (χ4n) is 2.56. The topological polar surface area (TPSA) is 69.6 Å². The summed E-state index contributed by atoms with van der Waals surface area (Å²) >= 11 is 5.76. The molecule has 1 aliphatic heterocycles. The molecule has 2 N–H and O–H groups in total. The van der Waals surface area contributed by atoms with E-state index in [1.54, 1.807) is 29.2 Å². The van der Waals surface area contributed by atoms with Gasteiger partial charge >= 0.3 is 0 Å². The Morgan fingerprint density at radius 3 is 2.67 bits per heavy atom. The van der Waals surface area contributed by atoms with Crippen molar-refractivity contribution in [1.82, 2.24) is 10.2 Å². The van der Waals surface area contributed by atoms with Crippen molar-refractivity contribution in [3.05, 3.63) is 34.9 Å². The maximum Gasteiger partial charge on any atom is 0.251 e. The van der Waals surface area contributed by atoms with Crippen LogP contribution in [0.15, 0.2) is 24.3 Å². The van der Waals surface area contributed by atoms with Gasteiger partial charge in [0.05, 0.1) is 19.2 Å². The Hall–Kier alpha value is -1.59. The number of nitrogens with one attached hydrogen (secondary N) is 1. The van der Waals surface area contributed by atoms with E-state index < -0.39 is 0 Å². The van der Waals surface area contributed by atoms with Crippen molar-refractivity contribution in [2.75, 3.05) is 19.7 Å². The summed E-state index contributed by atoms with van der Waals surface area (Å²) in [5.41, 5.74) is 0.459. The largest absolute Gasteiger partial charge is 0.394 e. The van der Waals surface area contributed by atoms with Gasteiger partial charge in [-0.3, -0.25) is 9.59 Å². The van der Waals surface area contributed by atoms with Crippen molar-refractivity contribution in [1.29, 1.82) is 0 Å². The molecule has 1 fully saturated rings. The highest BCUT2D eigenvalue weighted by Crippen LogP contribution is 2.23. The maximum absolute atomic E-state index is 12.1. The predicted molar refractivity (Wildman–Crippen MR) is 80.2 cm³/mol. The van der Waals surface area contributed by atoms with Gasteiger partial charge in [0.25, 0.3) is 5.91 Å². The van der Waals surface area contributed by atoms with Gasteiger partial charge in [0, 0.05) is 17.1 Å². The van der Waals surface area contributed by atoms with Gasteiger partial charge in [-0.2, -0.15) is 0 Å². The Labute approximate surface area is 128 Å². The van der Waals surface area contributed by atoms with Gasteiger partial charge in [-0.1, -0.05) is 18.5 Å². The lowest BCUT2D eigenvalue weighted by molar-refractivity contribution is -0.132. The first-order valence-corrected chi connectivity index (χ1v) is 7.35. The molecular formula is C15H19ClN2O3. The third-order valence-electron chi connectivity index (χ3n) is 3.90. The van der Waals surface area contributed by atoms with E-state index in [1.807, 2.05) is 6.92 Å². The highest BCUT2D eigenvalue weighted by molar-refractivity contribution is 6.30. The minimum absolute atomic E-state index is 0.0436. The van der Waals surface area contributed by atoms with E-state index in [9.17, 15) is 14.7 Å². The Bertz CT molecular complexity index is 518. The number of carbonyl (C=O) groups is 2. The molecule has 2 unspecified atom stereocenters. The number of rotatable bonds is 4. The zero-order valence-electron chi connectivity index (χ0n) is 11.9. The van der Waals surface area contributed by atoms with Crippen molar-refractivity contribution < 1.29 is 14.7 Å². The molecule has 1 aromatic rings. The lowest BCUT2D eigenvalue weighted by atomic mass is 10.0. The molecule has 1 aromatic carbocycles. The van der Waals surface area contributed by atoms with E-state index in [2.05, 4.69) is 5.32 Å². The van der Waals surface area contributed by atoms with Gasteiger partial charge in [0.15, 0.2) is 0 Å². The van der Waals surface area contributed by atoms with E-state index >= 15 is 0 Å². The zero-order chi connectivity index (χ0) is 15.4. The highest BCUT2D eigenvalue weighted by atomic mass is 35.5. The number of aliphatic hydroxyl groups excluding tert-OH is 1. The molecule has 2 amide bonds. The molecule has 6 heteroatoms. The lowest BCUT2D eigenvalue weighted by Crippen LogP contribution is -2.45. The van der Waals surface area contributed by atoms with Gasteiger partial charge in [0.2, 0.25) is 5.91 Å². The van der Waals surface area contributed by atoms with Crippen molar-refractivity contribution in [3.8, 4) is 0 Å². The summed E-state index contributed by atoms with van der Waals surface area (Å²) in [6, 6.07) is 6.32. The minimum Gasteiger partial charge on any atom is -0.394 e. The second-order valence-electron chi connectivity index (χ2n) is 5.29. The van der Waals surface area contributed by atoms with Crippen molar-refractivity contribution in [2.45, 2.75) is 19.4 Å². The number of nitrogens with zero attached hydrogens (tertiary/aromatic N) is 1. The van der Waals surface area contributed by atoms with E-state index in [0.717, 1.165) is 6.42 Å². The average Bonchev–Trinajstić information content (AvgIpc) is 2.86. The molecule has 1 saturated heterocycles. The van der Waals surface area contributed by atoms with Crippen molar-refractivity contribution in [2.24, 2.45) is 5.92 Å². The number of benzene rings is 1. The summed E-state index contributed by atoms with van der Waals surface area (Å²) in [5.74, 6) is -0.195. The van der Waals surface area contributed by atoms with Crippen LogP contribution >= 0.6 is 11.6 Å². The van der Waals surface area contributed by atoms with Crippen LogP contribution < -0.4 is 5.32 Å². The van der Waals surface area contributed by atoms with Crippen molar-refractivity contribution in [3.63, 3.8) is 0 Å². The molecule has 2 rings (SSSR count). The molecular weight excluding hydrogens is 292 g/mol. The number of carbonyl (C=O) groups excluding carboxylic acids is 2. The Morgan fingerprint density at radius 2 is 2.05 bits per heavy atom. The Kier molecular flexibility index (Phi) is 5.20. The summed E-state index contributed by atoms with van der Waals surface area (Å²) < 4.78 is 0. The molecule has 5 nitrogen and oxygen atoms in total. The SMILES string of the molecule is CC1CCN(C(=O)CNC(=O)c2ccc(Cl)cc2)C1CO. The molecule has 2 atom stereocenters. The van der Waals surface area contributed by atoms with Crippen LogP contribution in [-0.4, -0.2) is 47.6 Å². The molecule has 0 aromatic heterocycles. The van der Waals surface area contributed by atoms with Crippen LogP contribution in [0.4, 0.5) is 0 Å². The first-order chi connectivity index (χ1) is 10.0. The highest BCUT2D eigenvalue weighted by Gasteiger charge is 2.33. The molecule has 0 saturated carbocycles. The van der Waals surface area contributed by atoms with Crippen LogP contribution in [0, 0.1) is 5.92 Å². The van der Waals surface area contributed by atoms with E-state index in [4.69, 9.17) is 11.6 Å². The van der Waals surface area contributed by atoms with Crippen molar-refractivity contribution >= 4 is 23.4 Å². The van der Waals surface area contributed by atoms with Crippen LogP contribution in [0.5, 0.6) is 0 Å². The average molecular weight is 311 g/mol. The number of hydrogen-bond donors (Lipinski definition) is 2. The second-order valence-corrected chi connectivity index (χ2v) is 5.73. The van der Waals surface area contributed by atoms with E-state index in [-0.39, 0.29) is 36.9 Å². The first-order valence-electron chi connectivity index (χ1n) is 6.97. The van der Waals surface area contributed by atoms with Crippen LogP contribution in [0.1, 0.15) is 23.7 Å². The summed E-state index contributed by atoms with van der Waals surface area (Å²) in [4.78, 5) is 25.7. The quantitative estimate of drug-likeness (QED) is 0.880. The predicted octanol–water partition coefficient (Wildman–Crippen LogP) is 1.30. The minimum atomic E-state index is -0.312. The molecule has 0 spiro atoms. The molecule has 1 heterocycles. The normalized spacial score (nSPS) is 21.4. The van der Waals surface area contributed by atoms with E-state index in [1.165, 1.54) is 0 Å². The van der Waals surface area contributed by atoms with Gasteiger partial charge in [-0.05, 0) is 36.6 Å². The molecule has 0 bridgehead atoms. The monoisotopic (exact) mass is 310 g/mol. The molecule has 0 radical (unpaired) electrons. The third-order valence-corrected chi connectivity index (χ3v) is 4.15. The standard InChI is InChI=1S/C15H19ClN2O3/c1-10-6-7-18(13(10)9-19)14(20)8-17-15(21)11-2-4-12(16)5-3-11/h2-5,10,13,19H,6-9H2,1H3,(H,17,21). The summed E-state index contributed by atoms with van der Waals surface area (Å²) in [6.45, 7) is 2.53. The van der Waals surface area contributed by atoms with E-state index in [0.29, 0.717) is 17.1 Å². The fraction of sp³-hybridized carbons (Fsp3) is 0.467. The first kappa shape index (κ1) is 15.8. The number of amides is 2. The van der Waals surface area contributed by atoms with Crippen LogP contribution in [0.25, 0.3) is 0 Å². The fourth-order valence-corrected chi connectivity index (χ4v) is 2.68. The lowest BCUT2D eigenvalue weighted by Gasteiger charge is -2.25. The Morgan fingerprint density at radius 1 is 1.38 bits per heavy atom.